The van der Waals surface area contributed by atoms with Gasteiger partial charge in [-0.3, -0.25) is 4.79 Å². The Labute approximate surface area is 170 Å². The highest BCUT2D eigenvalue weighted by Crippen LogP contribution is 2.29. The number of carbonyl (C=O) groups excluding carboxylic acids is 1. The van der Waals surface area contributed by atoms with E-state index in [1.54, 1.807) is 17.4 Å². The highest BCUT2D eigenvalue weighted by atomic mass is 32.1. The normalized spacial score (nSPS) is 17.1. The Kier molecular flexibility index (Phi) is 6.41. The van der Waals surface area contributed by atoms with Crippen molar-refractivity contribution in [3.05, 3.63) is 40.3 Å². The quantitative estimate of drug-likeness (QED) is 0.752. The molecule has 0 aromatic carbocycles. The molecule has 1 unspecified atom stereocenters. The lowest BCUT2D eigenvalue weighted by molar-refractivity contribution is -0.125. The van der Waals surface area contributed by atoms with Gasteiger partial charge >= 0.3 is 0 Å². The van der Waals surface area contributed by atoms with Gasteiger partial charge in [-0.1, -0.05) is 6.08 Å². The molecule has 3 heterocycles. The van der Waals surface area contributed by atoms with Gasteiger partial charge in [-0.15, -0.1) is 11.3 Å². The van der Waals surface area contributed by atoms with E-state index in [4.69, 9.17) is 0 Å². The molecular weight excluding hydrogens is 372 g/mol. The summed E-state index contributed by atoms with van der Waals surface area (Å²) in [6.45, 7) is 8.17. The zero-order valence-corrected chi connectivity index (χ0v) is 18.0. The van der Waals surface area contributed by atoms with Gasteiger partial charge in [0.1, 0.15) is 11.6 Å². The first-order chi connectivity index (χ1) is 13.3. The monoisotopic (exact) mass is 400 g/mol. The number of thiazole rings is 1. The summed E-state index contributed by atoms with van der Waals surface area (Å²) in [7, 11) is 3.97. The number of likely N-dealkylation sites (tertiary alicyclic amines) is 1. The van der Waals surface area contributed by atoms with Crippen molar-refractivity contribution in [2.24, 2.45) is 0 Å². The van der Waals surface area contributed by atoms with Crippen molar-refractivity contribution >= 4 is 28.2 Å². The molecule has 1 saturated heterocycles. The fourth-order valence-corrected chi connectivity index (χ4v) is 3.99. The number of hydrogen-bond donors (Lipinski definition) is 1. The largest absolute Gasteiger partial charge is 0.338 e. The van der Waals surface area contributed by atoms with Crippen LogP contribution < -0.4 is 5.32 Å². The molecule has 0 bridgehead atoms. The van der Waals surface area contributed by atoms with Crippen LogP contribution in [0, 0.1) is 20.8 Å². The minimum absolute atomic E-state index is 0.0715. The smallest absolute Gasteiger partial charge is 0.246 e. The molecular formula is C20H28N6OS. The lowest BCUT2D eigenvalue weighted by Crippen LogP contribution is -2.27. The van der Waals surface area contributed by atoms with E-state index in [-0.39, 0.29) is 11.8 Å². The second-order valence-corrected chi connectivity index (χ2v) is 8.65. The van der Waals surface area contributed by atoms with E-state index in [1.165, 1.54) is 4.88 Å². The van der Waals surface area contributed by atoms with E-state index >= 15 is 0 Å². The van der Waals surface area contributed by atoms with Crippen LogP contribution in [0.1, 0.15) is 34.4 Å². The summed E-state index contributed by atoms with van der Waals surface area (Å²) in [5.74, 6) is 1.78. The Balaban J connectivity index is 1.68. The molecule has 1 aliphatic rings. The molecule has 28 heavy (non-hydrogen) atoms. The third-order valence-corrected chi connectivity index (χ3v) is 5.76. The van der Waals surface area contributed by atoms with Crippen molar-refractivity contribution in [3.63, 3.8) is 0 Å². The molecule has 1 amide bonds. The fraction of sp³-hybridized carbons (Fsp3) is 0.500. The lowest BCUT2D eigenvalue weighted by atomic mass is 10.0. The maximum absolute atomic E-state index is 12.4. The van der Waals surface area contributed by atoms with Gasteiger partial charge in [0.25, 0.3) is 0 Å². The topological polar surface area (TPSA) is 74.2 Å². The number of aryl methyl sites for hydroxylation is 3. The summed E-state index contributed by atoms with van der Waals surface area (Å²) >= 11 is 1.62. The predicted molar refractivity (Wildman–Crippen MR) is 113 cm³/mol. The minimum Gasteiger partial charge on any atom is -0.338 e. The van der Waals surface area contributed by atoms with Crippen LogP contribution in [0.3, 0.4) is 0 Å². The molecule has 7 nitrogen and oxygen atoms in total. The van der Waals surface area contributed by atoms with Gasteiger partial charge in [-0.05, 0) is 41.3 Å². The number of aromatic nitrogens is 3. The van der Waals surface area contributed by atoms with Crippen LogP contribution in [0.2, 0.25) is 0 Å². The van der Waals surface area contributed by atoms with Crippen LogP contribution in [-0.4, -0.2) is 64.4 Å². The molecule has 1 aliphatic heterocycles. The number of amides is 1. The van der Waals surface area contributed by atoms with Crippen molar-refractivity contribution < 1.29 is 4.79 Å². The molecule has 1 N–H and O–H groups in total. The Morgan fingerprint density at radius 1 is 1.32 bits per heavy atom. The standard InChI is InChI=1S/C20H28N6OS/c1-13-14(2)28-20(21-13)24-18-11-17(22-15(3)23-18)16-8-10-26(12-16)19(27)7-6-9-25(4)5/h6-7,11,16H,8-10,12H2,1-5H3,(H,21,22,23,24)/b7-6+. The van der Waals surface area contributed by atoms with Crippen LogP contribution in [-0.2, 0) is 4.79 Å². The van der Waals surface area contributed by atoms with Gasteiger partial charge in [0, 0.05) is 42.6 Å². The maximum atomic E-state index is 12.4. The molecule has 0 spiro atoms. The summed E-state index contributed by atoms with van der Waals surface area (Å²) in [5.41, 5.74) is 2.01. The van der Waals surface area contributed by atoms with Crippen molar-refractivity contribution in [2.45, 2.75) is 33.1 Å². The zero-order chi connectivity index (χ0) is 20.3. The molecule has 0 saturated carbocycles. The number of carbonyl (C=O) groups is 1. The molecule has 2 aromatic heterocycles. The van der Waals surface area contributed by atoms with E-state index in [2.05, 4.69) is 27.2 Å². The highest BCUT2D eigenvalue weighted by Gasteiger charge is 2.27. The minimum atomic E-state index is 0.0715. The SMILES string of the molecule is Cc1nc(Nc2nc(C)c(C)s2)cc(C2CCN(C(=O)/C=C/CN(C)C)C2)n1. The molecule has 0 aliphatic carbocycles. The molecule has 8 heteroatoms. The number of nitrogens with zero attached hydrogens (tertiary/aromatic N) is 5. The van der Waals surface area contributed by atoms with Gasteiger partial charge < -0.3 is 15.1 Å². The average molecular weight is 401 g/mol. The molecule has 150 valence electrons. The maximum Gasteiger partial charge on any atom is 0.246 e. The second kappa shape index (κ2) is 8.79. The van der Waals surface area contributed by atoms with E-state index in [0.29, 0.717) is 6.54 Å². The Morgan fingerprint density at radius 2 is 2.11 bits per heavy atom. The zero-order valence-electron chi connectivity index (χ0n) is 17.2. The van der Waals surface area contributed by atoms with Gasteiger partial charge in [0.2, 0.25) is 5.91 Å². The first-order valence-electron chi connectivity index (χ1n) is 9.48. The van der Waals surface area contributed by atoms with Gasteiger partial charge in [0.15, 0.2) is 5.13 Å². The summed E-state index contributed by atoms with van der Waals surface area (Å²) in [6.07, 6.45) is 4.50. The summed E-state index contributed by atoms with van der Waals surface area (Å²) in [6, 6.07) is 1.99. The third kappa shape index (κ3) is 5.14. The summed E-state index contributed by atoms with van der Waals surface area (Å²) in [4.78, 5) is 31.2. The van der Waals surface area contributed by atoms with Crippen molar-refractivity contribution in [1.29, 1.82) is 0 Å². The molecule has 1 fully saturated rings. The Bertz CT molecular complexity index is 856. The molecule has 0 radical (unpaired) electrons. The van der Waals surface area contributed by atoms with E-state index in [0.717, 1.165) is 47.7 Å². The summed E-state index contributed by atoms with van der Waals surface area (Å²) in [5, 5.41) is 4.14. The number of nitrogens with one attached hydrogen (secondary N) is 1. The van der Waals surface area contributed by atoms with Crippen LogP contribution in [0.15, 0.2) is 18.2 Å². The first-order valence-corrected chi connectivity index (χ1v) is 10.3. The average Bonchev–Trinajstić information content (AvgIpc) is 3.21. The summed E-state index contributed by atoms with van der Waals surface area (Å²) < 4.78 is 0. The predicted octanol–water partition coefficient (Wildman–Crippen LogP) is 3.04. The van der Waals surface area contributed by atoms with Crippen molar-refractivity contribution in [2.75, 3.05) is 39.0 Å². The highest BCUT2D eigenvalue weighted by molar-refractivity contribution is 7.15. The van der Waals surface area contributed by atoms with Crippen LogP contribution in [0.25, 0.3) is 0 Å². The van der Waals surface area contributed by atoms with E-state index in [9.17, 15) is 4.79 Å². The number of likely N-dealkylation sites (N-methyl/N-ethyl adjacent to an activating group) is 1. The Morgan fingerprint density at radius 3 is 2.79 bits per heavy atom. The van der Waals surface area contributed by atoms with Gasteiger partial charge in [-0.25, -0.2) is 15.0 Å². The van der Waals surface area contributed by atoms with Crippen molar-refractivity contribution in [3.8, 4) is 0 Å². The number of hydrogen-bond acceptors (Lipinski definition) is 7. The first kappa shape index (κ1) is 20.4. The van der Waals surface area contributed by atoms with Crippen LogP contribution >= 0.6 is 11.3 Å². The number of anilines is 2. The molecule has 1 atom stereocenters. The number of rotatable bonds is 6. The van der Waals surface area contributed by atoms with Crippen molar-refractivity contribution in [1.82, 2.24) is 24.8 Å². The van der Waals surface area contributed by atoms with Gasteiger partial charge in [-0.2, -0.15) is 0 Å². The fourth-order valence-electron chi connectivity index (χ4n) is 3.17. The van der Waals surface area contributed by atoms with E-state index < -0.39 is 0 Å². The van der Waals surface area contributed by atoms with Crippen LogP contribution in [0.4, 0.5) is 10.9 Å². The lowest BCUT2D eigenvalue weighted by Gasteiger charge is -2.15. The Hall–Kier alpha value is -2.32. The molecule has 3 rings (SSSR count). The van der Waals surface area contributed by atoms with Gasteiger partial charge in [0.05, 0.1) is 11.4 Å². The van der Waals surface area contributed by atoms with Crippen LogP contribution in [0.5, 0.6) is 0 Å². The van der Waals surface area contributed by atoms with E-state index in [1.807, 2.05) is 49.9 Å². The molecule has 2 aromatic rings. The third-order valence-electron chi connectivity index (χ3n) is 4.77. The second-order valence-electron chi connectivity index (χ2n) is 7.45.